The highest BCUT2D eigenvalue weighted by molar-refractivity contribution is 7.89. The number of amides is 1. The topological polar surface area (TPSA) is 89.7 Å². The zero-order valence-electron chi connectivity index (χ0n) is 11.5. The third kappa shape index (κ3) is 3.00. The molecule has 1 aliphatic heterocycles. The monoisotopic (exact) mass is 298 g/mol. The quantitative estimate of drug-likeness (QED) is 0.857. The van der Waals surface area contributed by atoms with Gasteiger partial charge in [-0.15, -0.1) is 0 Å². The number of carbonyl (C=O) groups is 1. The molecule has 110 valence electrons. The molecule has 20 heavy (non-hydrogen) atoms. The molecular weight excluding hydrogens is 280 g/mol. The second-order valence-electron chi connectivity index (χ2n) is 4.86. The first-order valence-corrected chi connectivity index (χ1v) is 7.86. The van der Waals surface area contributed by atoms with Crippen LogP contribution in [0, 0.1) is 13.8 Å². The number of nitrogens with zero attached hydrogens (tertiary/aromatic N) is 1. The van der Waals surface area contributed by atoms with Crippen molar-refractivity contribution in [1.82, 2.24) is 4.90 Å². The van der Waals surface area contributed by atoms with E-state index in [9.17, 15) is 13.2 Å². The summed E-state index contributed by atoms with van der Waals surface area (Å²) in [5.41, 5.74) is 1.89. The van der Waals surface area contributed by atoms with E-state index >= 15 is 0 Å². The Balaban J connectivity index is 2.44. The van der Waals surface area contributed by atoms with Gasteiger partial charge in [0.1, 0.15) is 0 Å². The fourth-order valence-corrected chi connectivity index (χ4v) is 2.77. The van der Waals surface area contributed by atoms with Crippen molar-refractivity contribution in [2.75, 3.05) is 26.3 Å². The summed E-state index contributed by atoms with van der Waals surface area (Å²) < 4.78 is 28.2. The molecule has 1 heterocycles. The minimum Gasteiger partial charge on any atom is -0.378 e. The number of morpholine rings is 1. The summed E-state index contributed by atoms with van der Waals surface area (Å²) in [6.07, 6.45) is 0. The number of carbonyl (C=O) groups excluding carboxylic acids is 1. The number of ether oxygens (including phenoxy) is 1. The first-order chi connectivity index (χ1) is 9.30. The van der Waals surface area contributed by atoms with Crippen LogP contribution in [0.1, 0.15) is 21.5 Å². The Kier molecular flexibility index (Phi) is 4.12. The molecule has 1 fully saturated rings. The first kappa shape index (κ1) is 15.0. The summed E-state index contributed by atoms with van der Waals surface area (Å²) in [6, 6.07) is 2.84. The molecule has 0 spiro atoms. The van der Waals surface area contributed by atoms with Crippen molar-refractivity contribution in [1.29, 1.82) is 0 Å². The summed E-state index contributed by atoms with van der Waals surface area (Å²) in [5.74, 6) is -0.181. The lowest BCUT2D eigenvalue weighted by Gasteiger charge is -2.27. The smallest absolute Gasteiger partial charge is 0.254 e. The van der Waals surface area contributed by atoms with Crippen LogP contribution in [0.15, 0.2) is 17.0 Å². The average molecular weight is 298 g/mol. The van der Waals surface area contributed by atoms with Crippen LogP contribution in [-0.4, -0.2) is 45.5 Å². The second-order valence-corrected chi connectivity index (χ2v) is 6.42. The molecular formula is C13H18N2O4S. The standard InChI is InChI=1S/C13H18N2O4S/c1-9-7-11(20(14,17)18)8-12(10(9)2)13(16)15-3-5-19-6-4-15/h7-8H,3-6H2,1-2H3,(H2,14,17,18). The molecule has 0 aliphatic carbocycles. The van der Waals surface area contributed by atoms with Gasteiger partial charge < -0.3 is 9.64 Å². The maximum Gasteiger partial charge on any atom is 0.254 e. The molecule has 0 aromatic heterocycles. The van der Waals surface area contributed by atoms with E-state index in [1.54, 1.807) is 18.7 Å². The van der Waals surface area contributed by atoms with Crippen LogP contribution in [0.3, 0.4) is 0 Å². The van der Waals surface area contributed by atoms with Crippen LogP contribution in [0.25, 0.3) is 0 Å². The summed E-state index contributed by atoms with van der Waals surface area (Å²) in [6.45, 7) is 5.58. The van der Waals surface area contributed by atoms with Gasteiger partial charge in [0, 0.05) is 18.7 Å². The Hall–Kier alpha value is -1.44. The number of hydrogen-bond donors (Lipinski definition) is 1. The molecule has 1 aromatic carbocycles. The number of hydrogen-bond acceptors (Lipinski definition) is 4. The fraction of sp³-hybridized carbons (Fsp3) is 0.462. The molecule has 1 saturated heterocycles. The number of sulfonamides is 1. The zero-order valence-corrected chi connectivity index (χ0v) is 12.4. The van der Waals surface area contributed by atoms with Gasteiger partial charge in [0.25, 0.3) is 5.91 Å². The van der Waals surface area contributed by atoms with Crippen LogP contribution in [-0.2, 0) is 14.8 Å². The highest BCUT2D eigenvalue weighted by Crippen LogP contribution is 2.21. The van der Waals surface area contributed by atoms with Gasteiger partial charge in [-0.1, -0.05) is 0 Å². The van der Waals surface area contributed by atoms with Gasteiger partial charge in [-0.25, -0.2) is 13.6 Å². The Morgan fingerprint density at radius 1 is 1.25 bits per heavy atom. The molecule has 0 radical (unpaired) electrons. The molecule has 6 nitrogen and oxygen atoms in total. The zero-order chi connectivity index (χ0) is 14.9. The normalized spacial score (nSPS) is 16.2. The summed E-state index contributed by atoms with van der Waals surface area (Å²) in [4.78, 5) is 14.1. The predicted molar refractivity (Wildman–Crippen MR) is 74.0 cm³/mol. The molecule has 0 unspecified atom stereocenters. The van der Waals surface area contributed by atoms with Crippen molar-refractivity contribution in [2.24, 2.45) is 5.14 Å². The van der Waals surface area contributed by atoms with Gasteiger partial charge in [0.15, 0.2) is 0 Å². The molecule has 2 N–H and O–H groups in total. The van der Waals surface area contributed by atoms with Crippen LogP contribution >= 0.6 is 0 Å². The summed E-state index contributed by atoms with van der Waals surface area (Å²) in [7, 11) is -3.82. The van der Waals surface area contributed by atoms with Crippen molar-refractivity contribution in [3.05, 3.63) is 28.8 Å². The lowest BCUT2D eigenvalue weighted by atomic mass is 10.0. The van der Waals surface area contributed by atoms with Crippen molar-refractivity contribution in [3.8, 4) is 0 Å². The molecule has 0 atom stereocenters. The molecule has 1 aliphatic rings. The SMILES string of the molecule is Cc1cc(S(N)(=O)=O)cc(C(=O)N2CCOCC2)c1C. The summed E-state index contributed by atoms with van der Waals surface area (Å²) >= 11 is 0. The van der Waals surface area contributed by atoms with Crippen molar-refractivity contribution >= 4 is 15.9 Å². The molecule has 1 aromatic rings. The van der Waals surface area contributed by atoms with E-state index in [0.29, 0.717) is 31.9 Å². The maximum atomic E-state index is 12.5. The summed E-state index contributed by atoms with van der Waals surface area (Å²) in [5, 5.41) is 5.15. The van der Waals surface area contributed by atoms with E-state index in [0.717, 1.165) is 11.1 Å². The Bertz CT molecular complexity index is 634. The van der Waals surface area contributed by atoms with Gasteiger partial charge in [-0.2, -0.15) is 0 Å². The predicted octanol–water partition coefficient (Wildman–Crippen LogP) is 0.423. The third-order valence-corrected chi connectivity index (χ3v) is 4.39. The van der Waals surface area contributed by atoms with E-state index < -0.39 is 10.0 Å². The highest BCUT2D eigenvalue weighted by atomic mass is 32.2. The van der Waals surface area contributed by atoms with E-state index in [1.165, 1.54) is 12.1 Å². The molecule has 0 bridgehead atoms. The number of aryl methyl sites for hydroxylation is 1. The van der Waals surface area contributed by atoms with Crippen molar-refractivity contribution in [2.45, 2.75) is 18.7 Å². The van der Waals surface area contributed by atoms with Gasteiger partial charge in [-0.05, 0) is 37.1 Å². The van der Waals surface area contributed by atoms with Crippen LogP contribution < -0.4 is 5.14 Å². The van der Waals surface area contributed by atoms with Crippen molar-refractivity contribution < 1.29 is 17.9 Å². The molecule has 1 amide bonds. The number of primary sulfonamides is 1. The van der Waals surface area contributed by atoms with Gasteiger partial charge in [0.05, 0.1) is 18.1 Å². The van der Waals surface area contributed by atoms with E-state index in [4.69, 9.17) is 9.88 Å². The van der Waals surface area contributed by atoms with E-state index in [2.05, 4.69) is 0 Å². The number of nitrogens with two attached hydrogens (primary N) is 1. The molecule has 2 rings (SSSR count). The van der Waals surface area contributed by atoms with Crippen molar-refractivity contribution in [3.63, 3.8) is 0 Å². The Morgan fingerprint density at radius 3 is 2.40 bits per heavy atom. The maximum absolute atomic E-state index is 12.5. The number of benzene rings is 1. The lowest BCUT2D eigenvalue weighted by molar-refractivity contribution is 0.0302. The van der Waals surface area contributed by atoms with Gasteiger partial charge in [0.2, 0.25) is 10.0 Å². The minimum atomic E-state index is -3.82. The van der Waals surface area contributed by atoms with Crippen LogP contribution in [0.4, 0.5) is 0 Å². The van der Waals surface area contributed by atoms with E-state index in [1.807, 2.05) is 0 Å². The number of rotatable bonds is 2. The minimum absolute atomic E-state index is 0.0304. The first-order valence-electron chi connectivity index (χ1n) is 6.32. The fourth-order valence-electron chi connectivity index (χ4n) is 2.15. The van der Waals surface area contributed by atoms with Crippen LogP contribution in [0.2, 0.25) is 0 Å². The van der Waals surface area contributed by atoms with Crippen LogP contribution in [0.5, 0.6) is 0 Å². The third-order valence-electron chi connectivity index (χ3n) is 3.50. The second kappa shape index (κ2) is 5.51. The van der Waals surface area contributed by atoms with Gasteiger partial charge >= 0.3 is 0 Å². The molecule has 7 heteroatoms. The average Bonchev–Trinajstić information content (AvgIpc) is 2.40. The highest BCUT2D eigenvalue weighted by Gasteiger charge is 2.22. The lowest BCUT2D eigenvalue weighted by Crippen LogP contribution is -2.41. The van der Waals surface area contributed by atoms with E-state index in [-0.39, 0.29) is 10.8 Å². The Labute approximate surface area is 118 Å². The molecule has 0 saturated carbocycles. The largest absolute Gasteiger partial charge is 0.378 e. The van der Waals surface area contributed by atoms with Gasteiger partial charge in [-0.3, -0.25) is 4.79 Å². The Morgan fingerprint density at radius 2 is 1.85 bits per heavy atom.